The molecule has 47 heavy (non-hydrogen) atoms. The summed E-state index contributed by atoms with van der Waals surface area (Å²) in [4.78, 5) is 38.4. The third-order valence-electron chi connectivity index (χ3n) is 8.04. The van der Waals surface area contributed by atoms with Crippen LogP contribution in [0.1, 0.15) is 18.4 Å². The van der Waals surface area contributed by atoms with Crippen molar-refractivity contribution in [3.05, 3.63) is 95.5 Å². The van der Waals surface area contributed by atoms with E-state index in [0.29, 0.717) is 52.9 Å². The molecule has 0 unspecified atom stereocenters. The summed E-state index contributed by atoms with van der Waals surface area (Å²) >= 11 is 5.97. The molecule has 0 radical (unpaired) electrons. The van der Waals surface area contributed by atoms with Crippen LogP contribution in [0.15, 0.2) is 79.1 Å². The van der Waals surface area contributed by atoms with Gasteiger partial charge in [0, 0.05) is 55.9 Å². The van der Waals surface area contributed by atoms with Gasteiger partial charge in [-0.3, -0.25) is 19.4 Å². The molecule has 1 aliphatic carbocycles. The summed E-state index contributed by atoms with van der Waals surface area (Å²) in [6, 6.07) is 17.5. The van der Waals surface area contributed by atoms with Gasteiger partial charge in [-0.15, -0.1) is 0 Å². The third kappa shape index (κ3) is 9.25. The molecule has 1 aromatic heterocycles. The van der Waals surface area contributed by atoms with Crippen LogP contribution in [0, 0.1) is 11.7 Å². The second-order valence-corrected chi connectivity index (χ2v) is 12.1. The van der Waals surface area contributed by atoms with Gasteiger partial charge in [0.1, 0.15) is 30.3 Å². The van der Waals surface area contributed by atoms with Gasteiger partial charge >= 0.3 is 5.97 Å². The quantitative estimate of drug-likeness (QED) is 0.136. The Morgan fingerprint density at radius 3 is 2.55 bits per heavy atom. The van der Waals surface area contributed by atoms with Crippen molar-refractivity contribution in [2.75, 3.05) is 56.5 Å². The van der Waals surface area contributed by atoms with Crippen molar-refractivity contribution in [2.45, 2.75) is 19.4 Å². The number of aromatic nitrogens is 2. The lowest BCUT2D eigenvalue weighted by atomic mass is 10.1. The highest BCUT2D eigenvalue weighted by atomic mass is 35.5. The Hall–Kier alpha value is -4.58. The normalized spacial score (nSPS) is 15.5. The molecule has 2 heterocycles. The number of esters is 1. The van der Waals surface area contributed by atoms with E-state index in [1.54, 1.807) is 18.2 Å². The van der Waals surface area contributed by atoms with Crippen LogP contribution in [0.2, 0.25) is 5.02 Å². The number of hydrogen-bond donors (Lipinski definition) is 2. The minimum absolute atomic E-state index is 0.00928. The number of nitrogens with one attached hydrogen (secondary N) is 2. The number of piperazine rings is 1. The average molecular weight is 659 g/mol. The molecule has 244 valence electrons. The second kappa shape index (κ2) is 15.3. The summed E-state index contributed by atoms with van der Waals surface area (Å²) < 4.78 is 25.2. The number of amides is 1. The lowest BCUT2D eigenvalue weighted by molar-refractivity contribution is -0.146. The Labute approximate surface area is 277 Å². The zero-order valence-corrected chi connectivity index (χ0v) is 26.6. The third-order valence-corrected chi connectivity index (χ3v) is 8.33. The van der Waals surface area contributed by atoms with E-state index in [4.69, 9.17) is 21.1 Å². The number of fused-ring (bicyclic) bond motifs is 1. The van der Waals surface area contributed by atoms with Crippen LogP contribution in [0.4, 0.5) is 21.6 Å². The van der Waals surface area contributed by atoms with E-state index in [9.17, 15) is 14.0 Å². The highest BCUT2D eigenvalue weighted by Gasteiger charge is 2.23. The van der Waals surface area contributed by atoms with Crippen molar-refractivity contribution in [2.24, 2.45) is 5.92 Å². The zero-order valence-electron chi connectivity index (χ0n) is 25.8. The van der Waals surface area contributed by atoms with E-state index in [2.05, 4.69) is 30.4 Å². The number of hydrogen-bond acceptors (Lipinski definition) is 9. The fraction of sp³-hybridized carbons (Fsp3) is 0.314. The number of nitrogens with zero attached hydrogens (tertiary/aromatic N) is 4. The smallest absolute Gasteiger partial charge is 0.320 e. The van der Waals surface area contributed by atoms with E-state index in [0.717, 1.165) is 44.6 Å². The topological polar surface area (TPSA) is 109 Å². The summed E-state index contributed by atoms with van der Waals surface area (Å²) in [7, 11) is 0. The van der Waals surface area contributed by atoms with Crippen molar-refractivity contribution < 1.29 is 23.5 Å². The van der Waals surface area contributed by atoms with Crippen LogP contribution in [0.5, 0.6) is 5.75 Å². The Balaban J connectivity index is 1.04. The number of carbonyl (C=O) groups excluding carboxylic acids is 2. The van der Waals surface area contributed by atoms with Gasteiger partial charge < -0.3 is 20.1 Å². The maximum Gasteiger partial charge on any atom is 0.320 e. The van der Waals surface area contributed by atoms with E-state index in [1.807, 2.05) is 36.4 Å². The molecular weight excluding hydrogens is 623 g/mol. The monoisotopic (exact) mass is 658 g/mol. The van der Waals surface area contributed by atoms with Crippen LogP contribution < -0.4 is 15.4 Å². The number of anilines is 3. The molecule has 12 heteroatoms. The molecule has 4 aromatic rings. The fourth-order valence-corrected chi connectivity index (χ4v) is 5.36. The molecule has 0 atom stereocenters. The lowest BCUT2D eigenvalue weighted by Crippen LogP contribution is -2.48. The molecule has 0 spiro atoms. The number of carbonyl (C=O) groups is 2. The fourth-order valence-electron chi connectivity index (χ4n) is 5.18. The van der Waals surface area contributed by atoms with Gasteiger partial charge in [0.05, 0.1) is 29.4 Å². The number of rotatable bonds is 13. The zero-order chi connectivity index (χ0) is 32.6. The van der Waals surface area contributed by atoms with Gasteiger partial charge in [-0.2, -0.15) is 0 Å². The Bertz CT molecular complexity index is 1750. The first-order chi connectivity index (χ1) is 22.9. The molecule has 2 N–H and O–H groups in total. The molecule has 1 saturated carbocycles. The van der Waals surface area contributed by atoms with Crippen molar-refractivity contribution in [1.82, 2.24) is 19.8 Å². The number of benzene rings is 3. The van der Waals surface area contributed by atoms with Gasteiger partial charge in [-0.25, -0.2) is 14.4 Å². The van der Waals surface area contributed by atoms with Gasteiger partial charge in [-0.1, -0.05) is 48.0 Å². The van der Waals surface area contributed by atoms with Gasteiger partial charge in [0.2, 0.25) is 5.91 Å². The maximum atomic E-state index is 13.7. The molecule has 6 rings (SSSR count). The van der Waals surface area contributed by atoms with Crippen LogP contribution in [0.3, 0.4) is 0 Å². The Kier molecular flexibility index (Phi) is 10.6. The first-order valence-electron chi connectivity index (χ1n) is 15.6. The van der Waals surface area contributed by atoms with Gasteiger partial charge in [0.15, 0.2) is 0 Å². The van der Waals surface area contributed by atoms with Crippen LogP contribution in [-0.2, 0) is 20.9 Å². The standard InChI is InChI=1S/C35H36ClFN6O4/c36-28-17-26(10-11-29(28)37)40-35-27-18-31(32(46-21-25-8-9-25)19-30(27)38-23-39-35)41-33(44)7-4-12-42-13-15-43(16-14-42)20-34(45)47-22-24-5-2-1-3-6-24/h1-7,10-11,17-19,23,25H,8-9,12-16,20-22H2,(H,41,44)(H,38,39,40). The Morgan fingerprint density at radius 1 is 1.00 bits per heavy atom. The molecule has 10 nitrogen and oxygen atoms in total. The summed E-state index contributed by atoms with van der Waals surface area (Å²) in [5, 5.41) is 6.77. The summed E-state index contributed by atoms with van der Waals surface area (Å²) in [6.45, 7) is 4.72. The molecule has 3 aromatic carbocycles. The minimum Gasteiger partial charge on any atom is -0.491 e. The summed E-state index contributed by atoms with van der Waals surface area (Å²) in [6.07, 6.45) is 7.03. The van der Waals surface area contributed by atoms with E-state index in [1.165, 1.54) is 24.5 Å². The van der Waals surface area contributed by atoms with Crippen molar-refractivity contribution >= 4 is 51.6 Å². The number of ether oxygens (including phenoxy) is 2. The predicted molar refractivity (Wildman–Crippen MR) is 179 cm³/mol. The second-order valence-electron chi connectivity index (χ2n) is 11.7. The molecule has 1 saturated heterocycles. The molecule has 2 aliphatic rings. The SMILES string of the molecule is O=C(C=CCN1CCN(CC(=O)OCc2ccccc2)CC1)Nc1cc2c(Nc3ccc(F)c(Cl)c3)ncnc2cc1OCC1CC1. The van der Waals surface area contributed by atoms with E-state index in [-0.39, 0.29) is 30.1 Å². The van der Waals surface area contributed by atoms with Crippen molar-refractivity contribution in [1.29, 1.82) is 0 Å². The molecule has 0 bridgehead atoms. The van der Waals surface area contributed by atoms with E-state index >= 15 is 0 Å². The van der Waals surface area contributed by atoms with Crippen molar-refractivity contribution in [3.63, 3.8) is 0 Å². The molecule has 1 amide bonds. The summed E-state index contributed by atoms with van der Waals surface area (Å²) in [5.41, 5.74) is 2.64. The molecule has 2 fully saturated rings. The van der Waals surface area contributed by atoms with Crippen LogP contribution >= 0.6 is 11.6 Å². The molecule has 1 aliphatic heterocycles. The van der Waals surface area contributed by atoms with Gasteiger partial charge in [-0.05, 0) is 48.6 Å². The molecular formula is C35H36ClFN6O4. The highest BCUT2D eigenvalue weighted by Crippen LogP contribution is 2.36. The lowest BCUT2D eigenvalue weighted by Gasteiger charge is -2.33. The highest BCUT2D eigenvalue weighted by molar-refractivity contribution is 6.31. The van der Waals surface area contributed by atoms with Gasteiger partial charge in [0.25, 0.3) is 0 Å². The summed E-state index contributed by atoms with van der Waals surface area (Å²) in [5.74, 6) is 0.472. The van der Waals surface area contributed by atoms with Crippen LogP contribution in [-0.4, -0.2) is 77.5 Å². The predicted octanol–water partition coefficient (Wildman–Crippen LogP) is 5.81. The minimum atomic E-state index is -0.515. The number of halogens is 2. The van der Waals surface area contributed by atoms with E-state index < -0.39 is 5.82 Å². The average Bonchev–Trinajstić information content (AvgIpc) is 3.91. The maximum absolute atomic E-state index is 13.7. The Morgan fingerprint density at radius 2 is 1.79 bits per heavy atom. The first kappa shape index (κ1) is 32.4. The van der Waals surface area contributed by atoms with Crippen molar-refractivity contribution in [3.8, 4) is 5.75 Å². The first-order valence-corrected chi connectivity index (χ1v) is 16.0. The van der Waals surface area contributed by atoms with Crippen LogP contribution in [0.25, 0.3) is 10.9 Å². The largest absolute Gasteiger partial charge is 0.491 e.